The number of aliphatic carboxylic acids is 1. The summed E-state index contributed by atoms with van der Waals surface area (Å²) < 4.78 is 0. The van der Waals surface area contributed by atoms with Gasteiger partial charge in [-0.3, -0.25) is 0 Å². The molecule has 0 radical (unpaired) electrons. The van der Waals surface area contributed by atoms with Gasteiger partial charge in [0.1, 0.15) is 0 Å². The largest absolute Gasteiger partial charge is 0.479 e. The van der Waals surface area contributed by atoms with Crippen LogP contribution in [0.1, 0.15) is 6.92 Å². The number of nitrogens with two attached hydrogens (primary N) is 1. The molecule has 0 fully saturated rings. The van der Waals surface area contributed by atoms with Gasteiger partial charge in [-0.2, -0.15) is 0 Å². The summed E-state index contributed by atoms with van der Waals surface area (Å²) in [6.45, 7) is 1.24. The summed E-state index contributed by atoms with van der Waals surface area (Å²) in [5, 5.41) is 18.7. The molecule has 0 saturated carbocycles. The number of thioether (sulfide) groups is 1. The standard InChI is InChI=1S/C10H12ClNO3S/c1-10(15,9(13)14)5-16-8-3-2-6(12)4-7(8)11/h2-4,15H,5,12H2,1H3,(H,13,14). The van der Waals surface area contributed by atoms with E-state index in [0.29, 0.717) is 15.6 Å². The minimum absolute atomic E-state index is 0.0198. The van der Waals surface area contributed by atoms with Crippen molar-refractivity contribution in [2.45, 2.75) is 17.4 Å². The van der Waals surface area contributed by atoms with Crippen LogP contribution in [0.2, 0.25) is 5.02 Å². The van der Waals surface area contributed by atoms with Crippen molar-refractivity contribution < 1.29 is 15.0 Å². The van der Waals surface area contributed by atoms with Crippen molar-refractivity contribution in [1.82, 2.24) is 0 Å². The molecule has 0 aliphatic heterocycles. The fraction of sp³-hybridized carbons (Fsp3) is 0.300. The van der Waals surface area contributed by atoms with Crippen molar-refractivity contribution in [3.8, 4) is 0 Å². The highest BCUT2D eigenvalue weighted by Crippen LogP contribution is 2.30. The first-order valence-electron chi connectivity index (χ1n) is 4.46. The highest BCUT2D eigenvalue weighted by molar-refractivity contribution is 7.99. The van der Waals surface area contributed by atoms with Crippen LogP contribution in [-0.2, 0) is 4.79 Å². The number of hydrogen-bond acceptors (Lipinski definition) is 4. The van der Waals surface area contributed by atoms with Crippen molar-refractivity contribution in [2.75, 3.05) is 11.5 Å². The first kappa shape index (κ1) is 13.2. The molecular formula is C10H12ClNO3S. The Morgan fingerprint density at radius 3 is 2.75 bits per heavy atom. The highest BCUT2D eigenvalue weighted by Gasteiger charge is 2.30. The summed E-state index contributed by atoms with van der Waals surface area (Å²) in [4.78, 5) is 11.4. The fourth-order valence-electron chi connectivity index (χ4n) is 0.914. The molecule has 0 heterocycles. The summed E-state index contributed by atoms with van der Waals surface area (Å²) in [6.07, 6.45) is 0. The maximum Gasteiger partial charge on any atom is 0.336 e. The van der Waals surface area contributed by atoms with E-state index in [1.54, 1.807) is 18.2 Å². The van der Waals surface area contributed by atoms with Gasteiger partial charge in [-0.05, 0) is 25.1 Å². The van der Waals surface area contributed by atoms with Gasteiger partial charge in [0.15, 0.2) is 5.60 Å². The van der Waals surface area contributed by atoms with Gasteiger partial charge in [0.05, 0.1) is 5.02 Å². The van der Waals surface area contributed by atoms with Gasteiger partial charge in [-0.25, -0.2) is 4.79 Å². The maximum absolute atomic E-state index is 10.7. The van der Waals surface area contributed by atoms with E-state index in [9.17, 15) is 9.90 Å². The predicted octanol–water partition coefficient (Wildman–Crippen LogP) is 1.85. The Morgan fingerprint density at radius 2 is 2.25 bits per heavy atom. The van der Waals surface area contributed by atoms with Gasteiger partial charge in [0.25, 0.3) is 0 Å². The molecule has 0 bridgehead atoms. The number of nitrogen functional groups attached to an aromatic ring is 1. The van der Waals surface area contributed by atoms with Gasteiger partial charge in [-0.15, -0.1) is 11.8 Å². The van der Waals surface area contributed by atoms with E-state index in [1.165, 1.54) is 18.7 Å². The number of halogens is 1. The Labute approximate surface area is 102 Å². The van der Waals surface area contributed by atoms with Gasteiger partial charge in [0, 0.05) is 16.3 Å². The molecule has 1 rings (SSSR count). The summed E-state index contributed by atoms with van der Waals surface area (Å²) in [7, 11) is 0. The molecule has 0 amide bonds. The second-order valence-corrected chi connectivity index (χ2v) is 4.98. The molecule has 1 unspecified atom stereocenters. The number of anilines is 1. The lowest BCUT2D eigenvalue weighted by molar-refractivity contribution is -0.154. The van der Waals surface area contributed by atoms with E-state index in [0.717, 1.165) is 0 Å². The Morgan fingerprint density at radius 1 is 1.62 bits per heavy atom. The first-order chi connectivity index (χ1) is 7.33. The lowest BCUT2D eigenvalue weighted by Crippen LogP contribution is -2.37. The van der Waals surface area contributed by atoms with Crippen molar-refractivity contribution in [3.63, 3.8) is 0 Å². The van der Waals surface area contributed by atoms with Gasteiger partial charge < -0.3 is 15.9 Å². The minimum Gasteiger partial charge on any atom is -0.479 e. The molecule has 0 aliphatic rings. The van der Waals surface area contributed by atoms with Crippen LogP contribution in [0.4, 0.5) is 5.69 Å². The predicted molar refractivity (Wildman–Crippen MR) is 64.8 cm³/mol. The second kappa shape index (κ2) is 4.95. The van der Waals surface area contributed by atoms with Crippen LogP contribution in [0.15, 0.2) is 23.1 Å². The van der Waals surface area contributed by atoms with E-state index < -0.39 is 11.6 Å². The average molecular weight is 262 g/mol. The third-order valence-electron chi connectivity index (χ3n) is 1.93. The summed E-state index contributed by atoms with van der Waals surface area (Å²) >= 11 is 7.08. The molecule has 1 atom stereocenters. The molecule has 4 nitrogen and oxygen atoms in total. The molecule has 0 aromatic heterocycles. The van der Waals surface area contributed by atoms with Crippen LogP contribution in [0.5, 0.6) is 0 Å². The number of aliphatic hydroxyl groups is 1. The molecule has 0 saturated heterocycles. The summed E-state index contributed by atoms with van der Waals surface area (Å²) in [5.41, 5.74) is 4.29. The normalized spacial score (nSPS) is 14.4. The average Bonchev–Trinajstić information content (AvgIpc) is 2.16. The monoisotopic (exact) mass is 261 g/mol. The number of benzene rings is 1. The molecule has 1 aromatic rings. The molecule has 4 N–H and O–H groups in total. The van der Waals surface area contributed by atoms with Gasteiger partial charge in [-0.1, -0.05) is 11.6 Å². The maximum atomic E-state index is 10.7. The van der Waals surface area contributed by atoms with Crippen LogP contribution in [0, 0.1) is 0 Å². The quantitative estimate of drug-likeness (QED) is 0.569. The molecule has 6 heteroatoms. The van der Waals surface area contributed by atoms with E-state index in [4.69, 9.17) is 22.4 Å². The number of hydrogen-bond donors (Lipinski definition) is 3. The molecule has 0 aliphatic carbocycles. The number of carboxylic acids is 1. The topological polar surface area (TPSA) is 83.5 Å². The van der Waals surface area contributed by atoms with E-state index in [1.807, 2.05) is 0 Å². The highest BCUT2D eigenvalue weighted by atomic mass is 35.5. The molecule has 0 spiro atoms. The van der Waals surface area contributed by atoms with E-state index in [2.05, 4.69) is 0 Å². The lowest BCUT2D eigenvalue weighted by Gasteiger charge is -2.17. The van der Waals surface area contributed by atoms with Crippen molar-refractivity contribution in [2.24, 2.45) is 0 Å². The molecule has 16 heavy (non-hydrogen) atoms. The number of carboxylic acid groups (broad SMARTS) is 1. The van der Waals surface area contributed by atoms with Crippen molar-refractivity contribution in [1.29, 1.82) is 0 Å². The van der Waals surface area contributed by atoms with Crippen LogP contribution >= 0.6 is 23.4 Å². The smallest absolute Gasteiger partial charge is 0.336 e. The molecular weight excluding hydrogens is 250 g/mol. The Bertz CT molecular complexity index is 409. The van der Waals surface area contributed by atoms with Gasteiger partial charge in [0.2, 0.25) is 0 Å². The van der Waals surface area contributed by atoms with Crippen LogP contribution in [0.3, 0.4) is 0 Å². The lowest BCUT2D eigenvalue weighted by atomic mass is 10.1. The van der Waals surface area contributed by atoms with E-state index in [-0.39, 0.29) is 5.75 Å². The third kappa shape index (κ3) is 3.30. The van der Waals surface area contributed by atoms with Gasteiger partial charge >= 0.3 is 5.97 Å². The van der Waals surface area contributed by atoms with E-state index >= 15 is 0 Å². The van der Waals surface area contributed by atoms with Crippen molar-refractivity contribution in [3.05, 3.63) is 23.2 Å². The number of carbonyl (C=O) groups is 1. The third-order valence-corrected chi connectivity index (χ3v) is 3.72. The Balaban J connectivity index is 2.72. The van der Waals surface area contributed by atoms with Crippen LogP contribution in [-0.4, -0.2) is 27.5 Å². The Hall–Kier alpha value is -0.910. The zero-order valence-electron chi connectivity index (χ0n) is 8.61. The summed E-state index contributed by atoms with van der Waals surface area (Å²) in [5.74, 6) is -1.24. The molecule has 88 valence electrons. The van der Waals surface area contributed by atoms with Crippen LogP contribution < -0.4 is 5.73 Å². The van der Waals surface area contributed by atoms with Crippen LogP contribution in [0.25, 0.3) is 0 Å². The Kier molecular flexibility index (Phi) is 4.07. The summed E-state index contributed by atoms with van der Waals surface area (Å²) in [6, 6.07) is 4.95. The second-order valence-electron chi connectivity index (χ2n) is 3.56. The number of rotatable bonds is 4. The fourth-order valence-corrected chi connectivity index (χ4v) is 2.19. The minimum atomic E-state index is -1.77. The molecule has 1 aromatic carbocycles. The first-order valence-corrected chi connectivity index (χ1v) is 5.83. The zero-order chi connectivity index (χ0) is 12.3. The van der Waals surface area contributed by atoms with Crippen molar-refractivity contribution >= 4 is 35.0 Å². The SMILES string of the molecule is CC(O)(CSc1ccc(N)cc1Cl)C(=O)O. The zero-order valence-corrected chi connectivity index (χ0v) is 10.2.